The summed E-state index contributed by atoms with van der Waals surface area (Å²) in [5, 5.41) is 0.0127. The highest BCUT2D eigenvalue weighted by molar-refractivity contribution is 6.74. The number of hydrogen-bond acceptors (Lipinski definition) is 7. The Labute approximate surface area is 193 Å². The Bertz CT molecular complexity index is 755. The third-order valence-corrected chi connectivity index (χ3v) is 10.6. The van der Waals surface area contributed by atoms with Gasteiger partial charge in [0.1, 0.15) is 17.6 Å². The third kappa shape index (κ3) is 6.47. The highest BCUT2D eigenvalue weighted by Gasteiger charge is 2.53. The fourth-order valence-corrected chi connectivity index (χ4v) is 4.80. The van der Waals surface area contributed by atoms with Crippen LogP contribution in [0.1, 0.15) is 48.5 Å². The van der Waals surface area contributed by atoms with Gasteiger partial charge in [-0.15, -0.1) is 0 Å². The van der Waals surface area contributed by atoms with Gasteiger partial charge in [0.15, 0.2) is 26.3 Å². The molecule has 0 aromatic heterocycles. The molecule has 8 heteroatoms. The number of hydrogen-bond donors (Lipinski definition) is 0. The number of methoxy groups -OCH3 is 1. The molecule has 7 nitrogen and oxygen atoms in total. The average Bonchev–Trinajstić information content (AvgIpc) is 3.00. The van der Waals surface area contributed by atoms with Gasteiger partial charge in [-0.2, -0.15) is 0 Å². The molecular weight excluding hydrogens is 428 g/mol. The average molecular weight is 469 g/mol. The molecule has 182 valence electrons. The second-order valence-corrected chi connectivity index (χ2v) is 14.9. The summed E-state index contributed by atoms with van der Waals surface area (Å²) in [7, 11) is -0.512. The van der Waals surface area contributed by atoms with E-state index in [-0.39, 0.29) is 17.7 Å². The van der Waals surface area contributed by atoms with E-state index < -0.39 is 38.4 Å². The standard InChI is InChI=1S/C24H40O7Si/c1-11-27-22(25)21-20(29-24(6,7)30-21)19(16(2)31-32(9,10)23(3,4)5)28-18-14-12-17(26-8)13-15-18/h12-16,19-21H,11H2,1-10H3/t16-,19+,20+,21-/m0/s1. The summed E-state index contributed by atoms with van der Waals surface area (Å²) in [6.07, 6.45) is -2.59. The van der Waals surface area contributed by atoms with Crippen LogP contribution >= 0.6 is 0 Å². The molecule has 32 heavy (non-hydrogen) atoms. The molecule has 0 N–H and O–H groups in total. The molecule has 1 aromatic rings. The molecule has 2 rings (SSSR count). The van der Waals surface area contributed by atoms with Crippen molar-refractivity contribution in [3.8, 4) is 11.5 Å². The number of benzene rings is 1. The molecule has 1 heterocycles. The molecule has 0 unspecified atom stereocenters. The van der Waals surface area contributed by atoms with Crippen LogP contribution in [0.3, 0.4) is 0 Å². The molecular formula is C24H40O7Si. The summed E-state index contributed by atoms with van der Waals surface area (Å²) in [5.41, 5.74) is 0. The third-order valence-electron chi connectivity index (χ3n) is 6.05. The van der Waals surface area contributed by atoms with Crippen molar-refractivity contribution in [3.05, 3.63) is 24.3 Å². The Balaban J connectivity index is 2.40. The lowest BCUT2D eigenvalue weighted by Crippen LogP contribution is -2.54. The van der Waals surface area contributed by atoms with E-state index in [9.17, 15) is 4.79 Å². The van der Waals surface area contributed by atoms with Crippen LogP contribution in [0.2, 0.25) is 18.1 Å². The first kappa shape index (κ1) is 26.6. The molecule has 1 aliphatic heterocycles. The Morgan fingerprint density at radius 3 is 2.19 bits per heavy atom. The Morgan fingerprint density at radius 1 is 1.12 bits per heavy atom. The fraction of sp³-hybridized carbons (Fsp3) is 0.708. The van der Waals surface area contributed by atoms with Crippen molar-refractivity contribution in [2.75, 3.05) is 13.7 Å². The molecule has 1 aromatic carbocycles. The van der Waals surface area contributed by atoms with Gasteiger partial charge >= 0.3 is 5.97 Å². The first-order chi connectivity index (χ1) is 14.7. The monoisotopic (exact) mass is 468 g/mol. The molecule has 0 bridgehead atoms. The van der Waals surface area contributed by atoms with Gasteiger partial charge in [-0.3, -0.25) is 0 Å². The summed E-state index contributed by atoms with van der Waals surface area (Å²) in [6, 6.07) is 7.30. The Kier molecular flexibility index (Phi) is 8.42. The van der Waals surface area contributed by atoms with Gasteiger partial charge in [-0.25, -0.2) is 4.79 Å². The lowest BCUT2D eigenvalue weighted by molar-refractivity contribution is -0.171. The van der Waals surface area contributed by atoms with E-state index in [0.29, 0.717) is 5.75 Å². The van der Waals surface area contributed by atoms with Gasteiger partial charge in [-0.1, -0.05) is 20.8 Å². The van der Waals surface area contributed by atoms with Crippen molar-refractivity contribution in [3.63, 3.8) is 0 Å². The normalized spacial score (nSPS) is 22.8. The number of ether oxygens (including phenoxy) is 5. The van der Waals surface area contributed by atoms with Crippen LogP contribution in [0, 0.1) is 0 Å². The zero-order chi connectivity index (χ0) is 24.3. The summed E-state index contributed by atoms with van der Waals surface area (Å²) < 4.78 is 35.7. The number of carbonyl (C=O) groups is 1. The van der Waals surface area contributed by atoms with Crippen LogP contribution in [0.5, 0.6) is 11.5 Å². The van der Waals surface area contributed by atoms with Gasteiger partial charge in [0.25, 0.3) is 0 Å². The quantitative estimate of drug-likeness (QED) is 0.376. The van der Waals surface area contributed by atoms with Gasteiger partial charge in [0, 0.05) is 0 Å². The predicted octanol–water partition coefficient (Wildman–Crippen LogP) is 4.94. The molecule has 1 saturated heterocycles. The molecule has 0 radical (unpaired) electrons. The Morgan fingerprint density at radius 2 is 1.69 bits per heavy atom. The molecule has 0 spiro atoms. The van der Waals surface area contributed by atoms with Gasteiger partial charge in [0.05, 0.1) is 19.8 Å². The molecule has 4 atom stereocenters. The molecule has 0 amide bonds. The summed E-state index contributed by atoms with van der Waals surface area (Å²) >= 11 is 0. The van der Waals surface area contributed by atoms with Gasteiger partial charge in [0.2, 0.25) is 0 Å². The van der Waals surface area contributed by atoms with Crippen molar-refractivity contribution in [2.24, 2.45) is 0 Å². The second kappa shape index (κ2) is 10.1. The zero-order valence-corrected chi connectivity index (χ0v) is 22.2. The molecule has 0 aliphatic carbocycles. The highest BCUT2D eigenvalue weighted by Crippen LogP contribution is 2.40. The number of rotatable bonds is 9. The molecule has 1 aliphatic rings. The van der Waals surface area contributed by atoms with E-state index in [1.807, 2.05) is 31.2 Å². The minimum atomic E-state index is -2.13. The van der Waals surface area contributed by atoms with Crippen LogP contribution in [0.25, 0.3) is 0 Å². The minimum absolute atomic E-state index is 0.0127. The van der Waals surface area contributed by atoms with Crippen molar-refractivity contribution < 1.29 is 32.9 Å². The van der Waals surface area contributed by atoms with Crippen molar-refractivity contribution >= 4 is 14.3 Å². The summed E-state index contributed by atoms with van der Waals surface area (Å²) in [4.78, 5) is 12.7. The first-order valence-corrected chi connectivity index (χ1v) is 14.1. The van der Waals surface area contributed by atoms with Crippen molar-refractivity contribution in [2.45, 2.75) is 96.8 Å². The first-order valence-electron chi connectivity index (χ1n) is 11.2. The molecule has 1 fully saturated rings. The van der Waals surface area contributed by atoms with E-state index in [1.165, 1.54) is 0 Å². The van der Waals surface area contributed by atoms with E-state index in [0.717, 1.165) is 5.75 Å². The molecule has 0 saturated carbocycles. The maximum Gasteiger partial charge on any atom is 0.338 e. The smallest absolute Gasteiger partial charge is 0.338 e. The van der Waals surface area contributed by atoms with Crippen LogP contribution in [0.15, 0.2) is 24.3 Å². The highest BCUT2D eigenvalue weighted by atomic mass is 28.4. The van der Waals surface area contributed by atoms with Gasteiger partial charge < -0.3 is 28.1 Å². The van der Waals surface area contributed by atoms with E-state index >= 15 is 0 Å². The van der Waals surface area contributed by atoms with E-state index in [2.05, 4.69) is 33.9 Å². The van der Waals surface area contributed by atoms with Crippen LogP contribution in [-0.2, 0) is 23.4 Å². The van der Waals surface area contributed by atoms with Crippen molar-refractivity contribution in [1.29, 1.82) is 0 Å². The lowest BCUT2D eigenvalue weighted by atomic mass is 10.0. The Hall–Kier alpha value is -1.61. The maximum absolute atomic E-state index is 12.7. The van der Waals surface area contributed by atoms with Crippen LogP contribution < -0.4 is 9.47 Å². The van der Waals surface area contributed by atoms with E-state index in [1.54, 1.807) is 27.9 Å². The fourth-order valence-electron chi connectivity index (χ4n) is 3.39. The summed E-state index contributed by atoms with van der Waals surface area (Å²) in [6.45, 7) is 18.5. The SMILES string of the molecule is CCOC(=O)[C@H]1OC(C)(C)O[C@@H]1[C@H](Oc1ccc(OC)cc1)[C@H](C)O[Si](C)(C)C(C)(C)C. The van der Waals surface area contributed by atoms with Crippen LogP contribution in [-0.4, -0.2) is 58.2 Å². The van der Waals surface area contributed by atoms with Crippen molar-refractivity contribution in [1.82, 2.24) is 0 Å². The minimum Gasteiger partial charge on any atom is -0.497 e. The van der Waals surface area contributed by atoms with E-state index in [4.69, 9.17) is 28.1 Å². The second-order valence-electron chi connectivity index (χ2n) is 10.1. The number of carbonyl (C=O) groups excluding carboxylic acids is 1. The maximum atomic E-state index is 12.7. The lowest BCUT2D eigenvalue weighted by Gasteiger charge is -2.41. The largest absolute Gasteiger partial charge is 0.497 e. The predicted molar refractivity (Wildman–Crippen MR) is 126 cm³/mol. The topological polar surface area (TPSA) is 72.5 Å². The zero-order valence-electron chi connectivity index (χ0n) is 21.2. The van der Waals surface area contributed by atoms with Crippen LogP contribution in [0.4, 0.5) is 0 Å². The van der Waals surface area contributed by atoms with Gasteiger partial charge in [-0.05, 0) is 70.1 Å². The number of esters is 1. The summed E-state index contributed by atoms with van der Waals surface area (Å²) in [5.74, 6) is -0.0749.